The summed E-state index contributed by atoms with van der Waals surface area (Å²) in [6.07, 6.45) is 10.5. The molecular formula is C19H30O4. The van der Waals surface area contributed by atoms with Crippen molar-refractivity contribution in [3.63, 3.8) is 0 Å². The van der Waals surface area contributed by atoms with E-state index in [4.69, 9.17) is 9.47 Å². The summed E-state index contributed by atoms with van der Waals surface area (Å²) in [6, 6.07) is 0. The molecule has 2 fully saturated rings. The third-order valence-electron chi connectivity index (χ3n) is 5.12. The average molecular weight is 322 g/mol. The van der Waals surface area contributed by atoms with Crippen LogP contribution in [0.3, 0.4) is 0 Å². The maximum absolute atomic E-state index is 11.8. The van der Waals surface area contributed by atoms with Crippen LogP contribution in [-0.2, 0) is 19.1 Å². The van der Waals surface area contributed by atoms with E-state index in [1.54, 1.807) is 0 Å². The lowest BCUT2D eigenvalue weighted by Gasteiger charge is -2.36. The quantitative estimate of drug-likeness (QED) is 0.575. The first kappa shape index (κ1) is 18.0. The van der Waals surface area contributed by atoms with Crippen molar-refractivity contribution in [1.29, 1.82) is 0 Å². The van der Waals surface area contributed by atoms with Crippen LogP contribution in [0, 0.1) is 11.3 Å². The molecule has 0 radical (unpaired) electrons. The topological polar surface area (TPSA) is 52.6 Å². The number of esters is 2. The minimum Gasteiger partial charge on any atom is -0.459 e. The monoisotopic (exact) mass is 322 g/mol. The molecule has 0 bridgehead atoms. The Morgan fingerprint density at radius 2 is 1.22 bits per heavy atom. The van der Waals surface area contributed by atoms with Gasteiger partial charge in [0.15, 0.2) is 0 Å². The lowest BCUT2D eigenvalue weighted by atomic mass is 9.72. The number of carbonyl (C=O) groups is 2. The van der Waals surface area contributed by atoms with Crippen molar-refractivity contribution >= 4 is 11.9 Å². The number of hydrogen-bond donors (Lipinski definition) is 0. The first-order valence-electron chi connectivity index (χ1n) is 8.94. The number of rotatable bonds is 4. The Hall–Kier alpha value is -1.32. The van der Waals surface area contributed by atoms with Crippen LogP contribution in [0.25, 0.3) is 0 Å². The second-order valence-electron chi connectivity index (χ2n) is 7.95. The molecular weight excluding hydrogens is 292 g/mol. The Balaban J connectivity index is 1.68. The molecule has 2 saturated carbocycles. The van der Waals surface area contributed by atoms with Gasteiger partial charge in [0.25, 0.3) is 0 Å². The molecule has 4 heteroatoms. The Labute approximate surface area is 139 Å². The Kier molecular flexibility index (Phi) is 6.25. The van der Waals surface area contributed by atoms with Gasteiger partial charge in [0.05, 0.1) is 0 Å². The van der Waals surface area contributed by atoms with Gasteiger partial charge >= 0.3 is 11.9 Å². The van der Waals surface area contributed by atoms with Gasteiger partial charge in [-0.1, -0.05) is 20.8 Å². The second-order valence-corrected chi connectivity index (χ2v) is 7.95. The summed E-state index contributed by atoms with van der Waals surface area (Å²) < 4.78 is 10.7. The van der Waals surface area contributed by atoms with Gasteiger partial charge in [-0.2, -0.15) is 0 Å². The van der Waals surface area contributed by atoms with Gasteiger partial charge in [-0.25, -0.2) is 9.59 Å². The standard InChI is InChI=1S/C19H30O4/c1-19(2,3)14-8-10-16(11-9-14)23-18(21)13-12-17(20)22-15-6-4-5-7-15/h12-16H,4-11H2,1-3H3/b13-12+. The second kappa shape index (κ2) is 7.98. The maximum atomic E-state index is 11.8. The molecule has 0 aliphatic heterocycles. The molecule has 0 unspecified atom stereocenters. The molecule has 130 valence electrons. The van der Waals surface area contributed by atoms with Crippen LogP contribution in [0.1, 0.15) is 72.1 Å². The summed E-state index contributed by atoms with van der Waals surface area (Å²) >= 11 is 0. The van der Waals surface area contributed by atoms with E-state index in [1.165, 1.54) is 12.2 Å². The fourth-order valence-corrected chi connectivity index (χ4v) is 3.60. The van der Waals surface area contributed by atoms with Gasteiger partial charge in [-0.05, 0) is 62.7 Å². The predicted octanol–water partition coefficient (Wildman–Crippen LogP) is 4.18. The lowest BCUT2D eigenvalue weighted by molar-refractivity contribution is -0.147. The summed E-state index contributed by atoms with van der Waals surface area (Å²) in [5.41, 5.74) is 0.318. The molecule has 0 aromatic rings. The molecule has 0 aromatic carbocycles. The van der Waals surface area contributed by atoms with Gasteiger partial charge < -0.3 is 9.47 Å². The summed E-state index contributed by atoms with van der Waals surface area (Å²) in [5, 5.41) is 0. The van der Waals surface area contributed by atoms with Crippen LogP contribution in [0.4, 0.5) is 0 Å². The first-order chi connectivity index (χ1) is 10.8. The van der Waals surface area contributed by atoms with Crippen LogP contribution in [0.5, 0.6) is 0 Å². The van der Waals surface area contributed by atoms with E-state index >= 15 is 0 Å². The highest BCUT2D eigenvalue weighted by atomic mass is 16.5. The molecule has 0 saturated heterocycles. The van der Waals surface area contributed by atoms with E-state index in [9.17, 15) is 9.59 Å². The zero-order valence-electron chi connectivity index (χ0n) is 14.7. The van der Waals surface area contributed by atoms with Gasteiger partial charge in [0.1, 0.15) is 12.2 Å². The zero-order valence-corrected chi connectivity index (χ0v) is 14.7. The van der Waals surface area contributed by atoms with Crippen LogP contribution >= 0.6 is 0 Å². The van der Waals surface area contributed by atoms with Crippen molar-refractivity contribution in [2.45, 2.75) is 84.3 Å². The van der Waals surface area contributed by atoms with Crippen LogP contribution in [-0.4, -0.2) is 24.1 Å². The van der Waals surface area contributed by atoms with E-state index in [-0.39, 0.29) is 12.2 Å². The molecule has 2 aliphatic carbocycles. The number of carbonyl (C=O) groups excluding carboxylic acids is 2. The van der Waals surface area contributed by atoms with Gasteiger partial charge in [-0.15, -0.1) is 0 Å². The largest absolute Gasteiger partial charge is 0.459 e. The highest BCUT2D eigenvalue weighted by molar-refractivity contribution is 5.91. The molecule has 0 aromatic heterocycles. The SMILES string of the molecule is CC(C)(C)C1CCC(OC(=O)/C=C/C(=O)OC2CCCC2)CC1. The summed E-state index contributed by atoms with van der Waals surface area (Å²) in [5.74, 6) is -0.188. The number of ether oxygens (including phenoxy) is 2. The summed E-state index contributed by atoms with van der Waals surface area (Å²) in [4.78, 5) is 23.4. The third-order valence-corrected chi connectivity index (χ3v) is 5.12. The Morgan fingerprint density at radius 3 is 1.65 bits per heavy atom. The fraction of sp³-hybridized carbons (Fsp3) is 0.789. The molecule has 2 rings (SSSR count). The van der Waals surface area contributed by atoms with E-state index in [0.29, 0.717) is 11.3 Å². The smallest absolute Gasteiger partial charge is 0.331 e. The normalized spacial score (nSPS) is 26.4. The lowest BCUT2D eigenvalue weighted by Crippen LogP contribution is -2.30. The van der Waals surface area contributed by atoms with Gasteiger partial charge in [0.2, 0.25) is 0 Å². The minimum absolute atomic E-state index is 0.0170. The fourth-order valence-electron chi connectivity index (χ4n) is 3.60. The van der Waals surface area contributed by atoms with Crippen molar-refractivity contribution in [3.05, 3.63) is 12.2 Å². The van der Waals surface area contributed by atoms with E-state index in [1.807, 2.05) is 0 Å². The molecule has 2 aliphatic rings. The van der Waals surface area contributed by atoms with Crippen LogP contribution in [0.15, 0.2) is 12.2 Å². The van der Waals surface area contributed by atoms with Gasteiger partial charge in [-0.3, -0.25) is 0 Å². The van der Waals surface area contributed by atoms with Crippen molar-refractivity contribution in [3.8, 4) is 0 Å². The first-order valence-corrected chi connectivity index (χ1v) is 8.94. The molecule has 4 nitrogen and oxygen atoms in total. The van der Waals surface area contributed by atoms with Gasteiger partial charge in [0, 0.05) is 12.2 Å². The maximum Gasteiger partial charge on any atom is 0.331 e. The minimum atomic E-state index is -0.440. The molecule has 23 heavy (non-hydrogen) atoms. The van der Waals surface area contributed by atoms with Crippen molar-refractivity contribution in [1.82, 2.24) is 0 Å². The van der Waals surface area contributed by atoms with Crippen molar-refractivity contribution in [2.75, 3.05) is 0 Å². The highest BCUT2D eigenvalue weighted by Gasteiger charge is 2.30. The van der Waals surface area contributed by atoms with Crippen molar-refractivity contribution in [2.24, 2.45) is 11.3 Å². The highest BCUT2D eigenvalue weighted by Crippen LogP contribution is 2.38. The molecule has 0 heterocycles. The molecule has 0 spiro atoms. The van der Waals surface area contributed by atoms with Crippen LogP contribution < -0.4 is 0 Å². The molecule has 0 amide bonds. The molecule has 0 N–H and O–H groups in total. The number of hydrogen-bond acceptors (Lipinski definition) is 4. The van der Waals surface area contributed by atoms with Crippen molar-refractivity contribution < 1.29 is 19.1 Å². The molecule has 0 atom stereocenters. The Morgan fingerprint density at radius 1 is 0.783 bits per heavy atom. The summed E-state index contributed by atoms with van der Waals surface area (Å²) in [7, 11) is 0. The Bertz CT molecular complexity index is 433. The van der Waals surface area contributed by atoms with E-state index in [0.717, 1.165) is 51.4 Å². The average Bonchev–Trinajstić information content (AvgIpc) is 2.98. The summed E-state index contributed by atoms with van der Waals surface area (Å²) in [6.45, 7) is 6.80. The van der Waals surface area contributed by atoms with E-state index in [2.05, 4.69) is 20.8 Å². The predicted molar refractivity (Wildman–Crippen MR) is 88.8 cm³/mol. The third kappa shape index (κ3) is 6.00. The van der Waals surface area contributed by atoms with Crippen LogP contribution in [0.2, 0.25) is 0 Å². The van der Waals surface area contributed by atoms with E-state index < -0.39 is 11.9 Å². The zero-order chi connectivity index (χ0) is 16.9.